The Hall–Kier alpha value is -2.22. The number of piperidine rings is 1. The Kier molecular flexibility index (Phi) is 6.72. The highest BCUT2D eigenvalue weighted by Crippen LogP contribution is 2.31. The minimum absolute atomic E-state index is 0.109. The van der Waals surface area contributed by atoms with Crippen LogP contribution < -0.4 is 0 Å². The predicted molar refractivity (Wildman–Crippen MR) is 110 cm³/mol. The molecule has 0 saturated carbocycles. The number of carbonyl (C=O) groups excluding carboxylic acids is 1. The summed E-state index contributed by atoms with van der Waals surface area (Å²) in [6.45, 7) is 10.6. The molecule has 0 aromatic carbocycles. The van der Waals surface area contributed by atoms with E-state index in [4.69, 9.17) is 4.42 Å². The third-order valence-electron chi connectivity index (χ3n) is 5.44. The highest BCUT2D eigenvalue weighted by Gasteiger charge is 2.32. The Balaban J connectivity index is 1.76. The fourth-order valence-corrected chi connectivity index (χ4v) is 3.99. The molecule has 0 spiro atoms. The van der Waals surface area contributed by atoms with Gasteiger partial charge in [0, 0.05) is 24.3 Å². The van der Waals surface area contributed by atoms with E-state index in [1.165, 1.54) is 0 Å². The van der Waals surface area contributed by atoms with Crippen molar-refractivity contribution in [3.63, 3.8) is 0 Å². The second-order valence-corrected chi connectivity index (χ2v) is 8.77. The largest absolute Gasteiger partial charge is 0.422 e. The van der Waals surface area contributed by atoms with Crippen molar-refractivity contribution >= 4 is 5.91 Å². The third kappa shape index (κ3) is 5.04. The molecule has 0 N–H and O–H groups in total. The topological polar surface area (TPSA) is 80.3 Å². The monoisotopic (exact) mass is 402 g/mol. The van der Waals surface area contributed by atoms with Gasteiger partial charge in [0.25, 0.3) is 0 Å². The second-order valence-electron chi connectivity index (χ2n) is 8.77. The number of rotatable bonds is 7. The molecular formula is C21H34N6O2. The second kappa shape index (κ2) is 9.07. The lowest BCUT2D eigenvalue weighted by Gasteiger charge is -2.33. The first-order valence-electron chi connectivity index (χ1n) is 10.6. The van der Waals surface area contributed by atoms with Crippen LogP contribution in [0.4, 0.5) is 0 Å². The molecule has 8 heteroatoms. The summed E-state index contributed by atoms with van der Waals surface area (Å²) in [6.07, 6.45) is 3.29. The van der Waals surface area contributed by atoms with Crippen molar-refractivity contribution in [3.05, 3.63) is 28.7 Å². The first-order chi connectivity index (χ1) is 13.8. The summed E-state index contributed by atoms with van der Waals surface area (Å²) in [7, 11) is 3.93. The van der Waals surface area contributed by atoms with Gasteiger partial charge in [0.1, 0.15) is 6.04 Å². The van der Waals surface area contributed by atoms with Gasteiger partial charge in [-0.3, -0.25) is 9.48 Å². The standard InChI is InChI=1S/C21H34N6O2/c1-14(2)12-27-16(4)17(15(3)24-27)11-20(28)26-10-8-7-9-18(26)21-23-22-19(29-21)13-25(5)6/h14,18H,7-13H2,1-6H3/t18-/m0/s1. The van der Waals surface area contributed by atoms with Gasteiger partial charge < -0.3 is 14.2 Å². The molecule has 0 radical (unpaired) electrons. The number of hydrogen-bond donors (Lipinski definition) is 0. The van der Waals surface area contributed by atoms with Gasteiger partial charge in [0.05, 0.1) is 18.7 Å². The Morgan fingerprint density at radius 1 is 1.24 bits per heavy atom. The molecule has 3 rings (SSSR count). The van der Waals surface area contributed by atoms with E-state index in [1.807, 2.05) is 35.5 Å². The third-order valence-corrected chi connectivity index (χ3v) is 5.44. The normalized spacial score (nSPS) is 17.5. The lowest BCUT2D eigenvalue weighted by molar-refractivity contribution is -0.135. The first kappa shape index (κ1) is 21.5. The highest BCUT2D eigenvalue weighted by atomic mass is 16.4. The van der Waals surface area contributed by atoms with E-state index in [2.05, 4.69) is 36.1 Å². The van der Waals surface area contributed by atoms with Gasteiger partial charge in [-0.15, -0.1) is 10.2 Å². The Bertz CT molecular complexity index is 838. The van der Waals surface area contributed by atoms with Gasteiger partial charge in [0.2, 0.25) is 17.7 Å². The number of likely N-dealkylation sites (tertiary alicyclic amines) is 1. The van der Waals surface area contributed by atoms with E-state index in [9.17, 15) is 4.79 Å². The maximum Gasteiger partial charge on any atom is 0.239 e. The van der Waals surface area contributed by atoms with Crippen LogP contribution in [-0.4, -0.2) is 56.3 Å². The van der Waals surface area contributed by atoms with Crippen molar-refractivity contribution in [1.29, 1.82) is 0 Å². The van der Waals surface area contributed by atoms with Crippen molar-refractivity contribution in [1.82, 2.24) is 29.8 Å². The summed E-state index contributed by atoms with van der Waals surface area (Å²) < 4.78 is 7.92. The minimum atomic E-state index is -0.133. The summed E-state index contributed by atoms with van der Waals surface area (Å²) in [4.78, 5) is 17.2. The zero-order valence-corrected chi connectivity index (χ0v) is 18.6. The lowest BCUT2D eigenvalue weighted by Crippen LogP contribution is -2.39. The molecule has 8 nitrogen and oxygen atoms in total. The summed E-state index contributed by atoms with van der Waals surface area (Å²) in [5.74, 6) is 1.76. The van der Waals surface area contributed by atoms with Crippen LogP contribution in [0, 0.1) is 19.8 Å². The SMILES string of the molecule is Cc1nn(CC(C)C)c(C)c1CC(=O)N1CCCC[C@H]1c1nnc(CN(C)C)o1. The van der Waals surface area contributed by atoms with Gasteiger partial charge in [-0.05, 0) is 53.1 Å². The number of hydrogen-bond acceptors (Lipinski definition) is 6. The molecule has 0 bridgehead atoms. The van der Waals surface area contributed by atoms with Crippen LogP contribution in [-0.2, 0) is 24.3 Å². The molecule has 1 aliphatic heterocycles. The summed E-state index contributed by atoms with van der Waals surface area (Å²) in [5.41, 5.74) is 3.07. The fourth-order valence-electron chi connectivity index (χ4n) is 3.99. The number of nitrogens with zero attached hydrogens (tertiary/aromatic N) is 6. The molecule has 160 valence electrons. The molecule has 1 saturated heterocycles. The van der Waals surface area contributed by atoms with Gasteiger partial charge in [-0.2, -0.15) is 5.10 Å². The summed E-state index contributed by atoms with van der Waals surface area (Å²) >= 11 is 0. The zero-order chi connectivity index (χ0) is 21.1. The molecule has 0 unspecified atom stereocenters. The molecule has 1 amide bonds. The highest BCUT2D eigenvalue weighted by molar-refractivity contribution is 5.79. The van der Waals surface area contributed by atoms with Crippen molar-refractivity contribution in [2.75, 3.05) is 20.6 Å². The maximum atomic E-state index is 13.3. The van der Waals surface area contributed by atoms with Crippen LogP contribution in [0.15, 0.2) is 4.42 Å². The molecule has 3 heterocycles. The minimum Gasteiger partial charge on any atom is -0.422 e. The molecule has 29 heavy (non-hydrogen) atoms. The Labute approximate surface area is 173 Å². The summed E-state index contributed by atoms with van der Waals surface area (Å²) in [5, 5.41) is 13.1. The van der Waals surface area contributed by atoms with Gasteiger partial charge >= 0.3 is 0 Å². The Morgan fingerprint density at radius 3 is 2.69 bits per heavy atom. The van der Waals surface area contributed by atoms with Crippen molar-refractivity contribution < 1.29 is 9.21 Å². The Morgan fingerprint density at radius 2 is 2.00 bits per heavy atom. The van der Waals surface area contributed by atoms with Crippen molar-refractivity contribution in [2.24, 2.45) is 5.92 Å². The van der Waals surface area contributed by atoms with Crippen LogP contribution in [0.3, 0.4) is 0 Å². The number of aryl methyl sites for hydroxylation is 1. The molecule has 2 aromatic rings. The molecule has 2 aromatic heterocycles. The van der Waals surface area contributed by atoms with Crippen LogP contribution in [0.5, 0.6) is 0 Å². The van der Waals surface area contributed by atoms with Crippen LogP contribution in [0.25, 0.3) is 0 Å². The van der Waals surface area contributed by atoms with E-state index >= 15 is 0 Å². The zero-order valence-electron chi connectivity index (χ0n) is 18.6. The quantitative estimate of drug-likeness (QED) is 0.708. The molecular weight excluding hydrogens is 368 g/mol. The molecule has 0 aliphatic carbocycles. The van der Waals surface area contributed by atoms with Crippen LogP contribution in [0.1, 0.15) is 67.9 Å². The van der Waals surface area contributed by atoms with E-state index < -0.39 is 0 Å². The fraction of sp³-hybridized carbons (Fsp3) is 0.714. The first-order valence-corrected chi connectivity index (χ1v) is 10.6. The summed E-state index contributed by atoms with van der Waals surface area (Å²) in [6, 6.07) is -0.133. The molecule has 1 fully saturated rings. The average Bonchev–Trinajstić information content (AvgIpc) is 3.21. The number of amides is 1. The smallest absolute Gasteiger partial charge is 0.239 e. The maximum absolute atomic E-state index is 13.3. The molecule has 1 atom stereocenters. The molecule has 1 aliphatic rings. The number of carbonyl (C=O) groups is 1. The van der Waals surface area contributed by atoms with Gasteiger partial charge in [0.15, 0.2) is 0 Å². The van der Waals surface area contributed by atoms with Gasteiger partial charge in [-0.25, -0.2) is 0 Å². The van der Waals surface area contributed by atoms with Crippen molar-refractivity contribution in [2.45, 2.75) is 72.5 Å². The van der Waals surface area contributed by atoms with Crippen molar-refractivity contribution in [3.8, 4) is 0 Å². The van der Waals surface area contributed by atoms with E-state index in [0.717, 1.165) is 49.3 Å². The van der Waals surface area contributed by atoms with E-state index in [1.54, 1.807) is 0 Å². The van der Waals surface area contributed by atoms with Crippen LogP contribution >= 0.6 is 0 Å². The average molecular weight is 403 g/mol. The number of aromatic nitrogens is 4. The van der Waals surface area contributed by atoms with Gasteiger partial charge in [-0.1, -0.05) is 13.8 Å². The van der Waals surface area contributed by atoms with Crippen LogP contribution in [0.2, 0.25) is 0 Å². The predicted octanol–water partition coefficient (Wildman–Crippen LogP) is 2.90. The van der Waals surface area contributed by atoms with E-state index in [-0.39, 0.29) is 11.9 Å². The van der Waals surface area contributed by atoms with E-state index in [0.29, 0.717) is 30.7 Å². The lowest BCUT2D eigenvalue weighted by atomic mass is 10.00.